The zero-order chi connectivity index (χ0) is 18.9. The van der Waals surface area contributed by atoms with Crippen LogP contribution >= 0.6 is 0 Å². The Morgan fingerprint density at radius 3 is 2.56 bits per heavy atom. The monoisotopic (exact) mass is 393 g/mol. The summed E-state index contributed by atoms with van der Waals surface area (Å²) in [5.41, 5.74) is 1.07. The van der Waals surface area contributed by atoms with E-state index in [-0.39, 0.29) is 0 Å². The largest absolute Gasteiger partial charge is 0.379 e. The van der Waals surface area contributed by atoms with E-state index >= 15 is 0 Å². The summed E-state index contributed by atoms with van der Waals surface area (Å²) >= 11 is 0. The van der Waals surface area contributed by atoms with Crippen LogP contribution in [0.15, 0.2) is 29.2 Å². The molecule has 6 nitrogen and oxygen atoms in total. The van der Waals surface area contributed by atoms with Crippen molar-refractivity contribution >= 4 is 10.0 Å². The van der Waals surface area contributed by atoms with Crippen LogP contribution in [0.25, 0.3) is 0 Å². The number of aryl methyl sites for hydroxylation is 1. The van der Waals surface area contributed by atoms with Crippen LogP contribution in [0.5, 0.6) is 0 Å². The van der Waals surface area contributed by atoms with Gasteiger partial charge in [-0.1, -0.05) is 17.7 Å². The minimum atomic E-state index is -3.43. The zero-order valence-corrected chi connectivity index (χ0v) is 17.0. The first-order chi connectivity index (χ1) is 13.0. The lowest BCUT2D eigenvalue weighted by Gasteiger charge is -2.51. The van der Waals surface area contributed by atoms with E-state index < -0.39 is 10.0 Å². The Labute approximate surface area is 162 Å². The molecule has 1 aromatic carbocycles. The minimum absolute atomic E-state index is 0.324. The fourth-order valence-electron chi connectivity index (χ4n) is 4.79. The average molecular weight is 394 g/mol. The third-order valence-corrected chi connectivity index (χ3v) is 7.89. The molecule has 4 saturated heterocycles. The van der Waals surface area contributed by atoms with Crippen molar-refractivity contribution in [3.8, 4) is 0 Å². The molecule has 0 saturated carbocycles. The van der Waals surface area contributed by atoms with Crippen molar-refractivity contribution in [1.82, 2.24) is 14.5 Å². The maximum absolute atomic E-state index is 12.6. The molecule has 4 heterocycles. The van der Waals surface area contributed by atoms with E-state index in [1.807, 2.05) is 19.1 Å². The second-order valence-corrected chi connectivity index (χ2v) is 10.0. The first kappa shape index (κ1) is 19.3. The maximum Gasteiger partial charge on any atom is 0.240 e. The normalized spacial score (nSPS) is 31.9. The molecule has 0 aromatic heterocycles. The predicted octanol–water partition coefficient (Wildman–Crippen LogP) is 1.32. The van der Waals surface area contributed by atoms with Gasteiger partial charge in [0.1, 0.15) is 0 Å². The van der Waals surface area contributed by atoms with Gasteiger partial charge in [-0.2, -0.15) is 0 Å². The SMILES string of the molecule is Cc1ccc(S(=O)(=O)NCC2CC3CCN2CC3CN2CCOCC2)cc1. The molecule has 1 aromatic rings. The molecule has 1 N–H and O–H groups in total. The van der Waals surface area contributed by atoms with Gasteiger partial charge >= 0.3 is 0 Å². The molecule has 4 aliphatic rings. The smallest absolute Gasteiger partial charge is 0.240 e. The molecule has 0 amide bonds. The van der Waals surface area contributed by atoms with Crippen LogP contribution < -0.4 is 4.72 Å². The van der Waals surface area contributed by atoms with E-state index in [4.69, 9.17) is 4.74 Å². The molecule has 4 fully saturated rings. The van der Waals surface area contributed by atoms with Crippen LogP contribution in [0, 0.1) is 18.8 Å². The van der Waals surface area contributed by atoms with E-state index in [9.17, 15) is 8.42 Å². The number of ether oxygens (including phenoxy) is 1. The standard InChI is InChI=1S/C20H31N3O3S/c1-16-2-4-20(5-3-16)27(24,25)21-13-19-12-17-6-7-23(19)15-18(17)14-22-8-10-26-11-9-22/h2-5,17-19,21H,6-15H2,1H3. The molecular formula is C20H31N3O3S. The summed E-state index contributed by atoms with van der Waals surface area (Å²) in [6, 6.07) is 7.38. The summed E-state index contributed by atoms with van der Waals surface area (Å²) in [4.78, 5) is 5.39. The Balaban J connectivity index is 1.32. The number of rotatable bonds is 6. The topological polar surface area (TPSA) is 61.9 Å². The van der Waals surface area contributed by atoms with Crippen molar-refractivity contribution in [3.05, 3.63) is 29.8 Å². The Morgan fingerprint density at radius 2 is 1.89 bits per heavy atom. The van der Waals surface area contributed by atoms with E-state index in [0.717, 1.165) is 57.9 Å². The minimum Gasteiger partial charge on any atom is -0.379 e. The van der Waals surface area contributed by atoms with Crippen molar-refractivity contribution in [3.63, 3.8) is 0 Å². The molecule has 5 rings (SSSR count). The third kappa shape index (κ3) is 4.54. The molecular weight excluding hydrogens is 362 g/mol. The van der Waals surface area contributed by atoms with Crippen molar-refractivity contribution < 1.29 is 13.2 Å². The van der Waals surface area contributed by atoms with Crippen LogP contribution in [-0.2, 0) is 14.8 Å². The van der Waals surface area contributed by atoms with E-state index in [2.05, 4.69) is 14.5 Å². The van der Waals surface area contributed by atoms with Gasteiger partial charge in [-0.15, -0.1) is 0 Å². The molecule has 4 atom stereocenters. The number of hydrogen-bond acceptors (Lipinski definition) is 5. The Kier molecular flexibility index (Phi) is 5.85. The molecule has 7 heteroatoms. The van der Waals surface area contributed by atoms with Gasteiger partial charge in [0.05, 0.1) is 18.1 Å². The van der Waals surface area contributed by atoms with Gasteiger partial charge in [0, 0.05) is 38.8 Å². The van der Waals surface area contributed by atoms with Gasteiger partial charge in [0.15, 0.2) is 0 Å². The zero-order valence-electron chi connectivity index (χ0n) is 16.1. The number of morpholine rings is 1. The molecule has 150 valence electrons. The van der Waals surface area contributed by atoms with Crippen molar-refractivity contribution in [2.75, 3.05) is 52.5 Å². The molecule has 0 aliphatic carbocycles. The Hall–Kier alpha value is -0.990. The van der Waals surface area contributed by atoms with Crippen LogP contribution in [-0.4, -0.2) is 76.7 Å². The van der Waals surface area contributed by atoms with Gasteiger partial charge in [-0.25, -0.2) is 13.1 Å². The molecule has 4 unspecified atom stereocenters. The van der Waals surface area contributed by atoms with Gasteiger partial charge in [0.25, 0.3) is 0 Å². The lowest BCUT2D eigenvalue weighted by molar-refractivity contribution is -0.0285. The fraction of sp³-hybridized carbons (Fsp3) is 0.700. The highest BCUT2D eigenvalue weighted by Crippen LogP contribution is 2.36. The van der Waals surface area contributed by atoms with E-state index in [1.54, 1.807) is 12.1 Å². The van der Waals surface area contributed by atoms with Gasteiger partial charge < -0.3 is 4.74 Å². The van der Waals surface area contributed by atoms with Gasteiger partial charge in [-0.3, -0.25) is 9.80 Å². The van der Waals surface area contributed by atoms with Crippen molar-refractivity contribution in [2.45, 2.75) is 30.7 Å². The summed E-state index contributed by atoms with van der Waals surface area (Å²) in [6.07, 6.45) is 2.35. The molecule has 0 spiro atoms. The van der Waals surface area contributed by atoms with Crippen LogP contribution in [0.2, 0.25) is 0 Å². The predicted molar refractivity (Wildman–Crippen MR) is 105 cm³/mol. The lowest BCUT2D eigenvalue weighted by atomic mass is 9.75. The summed E-state index contributed by atoms with van der Waals surface area (Å²) in [5.74, 6) is 1.42. The summed E-state index contributed by atoms with van der Waals surface area (Å²) in [6.45, 7) is 9.62. The first-order valence-corrected chi connectivity index (χ1v) is 11.6. The van der Waals surface area contributed by atoms with Crippen LogP contribution in [0.4, 0.5) is 0 Å². The van der Waals surface area contributed by atoms with Gasteiger partial charge in [-0.05, 0) is 50.3 Å². The first-order valence-electron chi connectivity index (χ1n) is 10.1. The number of piperidine rings is 3. The quantitative estimate of drug-likeness (QED) is 0.790. The fourth-order valence-corrected chi connectivity index (χ4v) is 5.86. The van der Waals surface area contributed by atoms with E-state index in [0.29, 0.717) is 29.3 Å². The van der Waals surface area contributed by atoms with Gasteiger partial charge in [0.2, 0.25) is 10.0 Å². The highest BCUT2D eigenvalue weighted by Gasteiger charge is 2.40. The molecule has 27 heavy (non-hydrogen) atoms. The maximum atomic E-state index is 12.6. The second-order valence-electron chi connectivity index (χ2n) is 8.27. The highest BCUT2D eigenvalue weighted by molar-refractivity contribution is 7.89. The molecule has 2 bridgehead atoms. The highest BCUT2D eigenvalue weighted by atomic mass is 32.2. The number of fused-ring (bicyclic) bond motifs is 3. The number of nitrogens with zero attached hydrogens (tertiary/aromatic N) is 2. The summed E-state index contributed by atoms with van der Waals surface area (Å²) in [5, 5.41) is 0. The molecule has 4 aliphatic heterocycles. The molecule has 0 radical (unpaired) electrons. The third-order valence-electron chi connectivity index (χ3n) is 6.45. The summed E-state index contributed by atoms with van der Waals surface area (Å²) < 4.78 is 33.4. The van der Waals surface area contributed by atoms with Crippen molar-refractivity contribution in [1.29, 1.82) is 0 Å². The Bertz CT molecular complexity index is 731. The lowest BCUT2D eigenvalue weighted by Crippen LogP contribution is -2.58. The summed E-state index contributed by atoms with van der Waals surface area (Å²) in [7, 11) is -3.43. The van der Waals surface area contributed by atoms with Crippen LogP contribution in [0.3, 0.4) is 0 Å². The number of sulfonamides is 1. The Morgan fingerprint density at radius 1 is 1.15 bits per heavy atom. The van der Waals surface area contributed by atoms with Crippen LogP contribution in [0.1, 0.15) is 18.4 Å². The van der Waals surface area contributed by atoms with E-state index in [1.165, 1.54) is 6.42 Å². The average Bonchev–Trinajstić information content (AvgIpc) is 2.68. The number of nitrogens with one attached hydrogen (secondary N) is 1. The second kappa shape index (κ2) is 8.17. The number of hydrogen-bond donors (Lipinski definition) is 1. The van der Waals surface area contributed by atoms with Crippen molar-refractivity contribution in [2.24, 2.45) is 11.8 Å². The number of benzene rings is 1.